The van der Waals surface area contributed by atoms with E-state index in [1.54, 1.807) is 11.3 Å². The number of nitrogens with one attached hydrogen (secondary N) is 1. The highest BCUT2D eigenvalue weighted by Crippen LogP contribution is 2.34. The Hall–Kier alpha value is -0.130. The molecule has 1 aromatic heterocycles. The van der Waals surface area contributed by atoms with E-state index in [2.05, 4.69) is 22.5 Å². The van der Waals surface area contributed by atoms with Crippen molar-refractivity contribution >= 4 is 22.9 Å². The number of hydrogen-bond acceptors (Lipinski definition) is 4. The molecule has 1 aromatic rings. The Morgan fingerprint density at radius 3 is 3.26 bits per heavy atom. The first-order chi connectivity index (χ1) is 9.29. The fraction of sp³-hybridized carbons (Fsp3) is 0.714. The summed E-state index contributed by atoms with van der Waals surface area (Å²) in [6, 6.07) is 2.85. The van der Waals surface area contributed by atoms with Crippen molar-refractivity contribution in [2.24, 2.45) is 0 Å². The van der Waals surface area contributed by atoms with Crippen LogP contribution in [0, 0.1) is 0 Å². The van der Waals surface area contributed by atoms with Crippen molar-refractivity contribution in [3.05, 3.63) is 21.3 Å². The molecule has 3 heterocycles. The molecule has 2 aliphatic heterocycles. The lowest BCUT2D eigenvalue weighted by Gasteiger charge is -2.39. The number of rotatable bonds is 4. The zero-order valence-corrected chi connectivity index (χ0v) is 12.8. The third-order valence-corrected chi connectivity index (χ3v) is 5.58. The molecule has 2 aliphatic rings. The summed E-state index contributed by atoms with van der Waals surface area (Å²) in [5, 5.41) is 6.47. The first-order valence-electron chi connectivity index (χ1n) is 7.11. The van der Waals surface area contributed by atoms with Gasteiger partial charge in [-0.2, -0.15) is 0 Å². The zero-order chi connectivity index (χ0) is 13.2. The molecule has 0 amide bonds. The highest BCUT2D eigenvalue weighted by atomic mass is 35.5. The molecule has 0 saturated carbocycles. The number of fused-ring (bicyclic) bond motifs is 1. The normalized spacial score (nSPS) is 29.4. The van der Waals surface area contributed by atoms with Crippen LogP contribution in [0.3, 0.4) is 0 Å². The van der Waals surface area contributed by atoms with Gasteiger partial charge >= 0.3 is 0 Å². The fourth-order valence-electron chi connectivity index (χ4n) is 3.18. The van der Waals surface area contributed by atoms with Crippen LogP contribution in [-0.4, -0.2) is 43.3 Å². The smallest absolute Gasteiger partial charge is 0.0905 e. The molecule has 3 unspecified atom stereocenters. The van der Waals surface area contributed by atoms with Gasteiger partial charge < -0.3 is 10.1 Å². The lowest BCUT2D eigenvalue weighted by molar-refractivity contribution is -0.0645. The van der Waals surface area contributed by atoms with E-state index >= 15 is 0 Å². The maximum Gasteiger partial charge on any atom is 0.0905 e. The molecule has 19 heavy (non-hydrogen) atoms. The average molecular weight is 301 g/mol. The van der Waals surface area contributed by atoms with E-state index in [1.165, 1.54) is 24.3 Å². The molecule has 3 nitrogen and oxygen atoms in total. The summed E-state index contributed by atoms with van der Waals surface area (Å²) in [6.45, 7) is 6.19. The summed E-state index contributed by atoms with van der Waals surface area (Å²) in [7, 11) is 0. The SMILES string of the molecule is CCNC(c1sccc1Cl)C1CN2CCCC2CO1. The molecular weight excluding hydrogens is 280 g/mol. The number of hydrogen-bond donors (Lipinski definition) is 1. The van der Waals surface area contributed by atoms with Crippen molar-refractivity contribution in [1.82, 2.24) is 10.2 Å². The van der Waals surface area contributed by atoms with E-state index in [1.807, 2.05) is 6.07 Å². The summed E-state index contributed by atoms with van der Waals surface area (Å²) in [5.74, 6) is 0. The second-order valence-electron chi connectivity index (χ2n) is 5.33. The van der Waals surface area contributed by atoms with Crippen LogP contribution >= 0.6 is 22.9 Å². The number of ether oxygens (including phenoxy) is 1. The lowest BCUT2D eigenvalue weighted by Crippen LogP contribution is -2.50. The highest BCUT2D eigenvalue weighted by Gasteiger charge is 2.36. The van der Waals surface area contributed by atoms with Crippen LogP contribution in [0.4, 0.5) is 0 Å². The topological polar surface area (TPSA) is 24.5 Å². The Balaban J connectivity index is 1.75. The molecule has 0 aliphatic carbocycles. The van der Waals surface area contributed by atoms with E-state index in [-0.39, 0.29) is 12.1 Å². The molecule has 106 valence electrons. The standard InChI is InChI=1S/C14H21ClN2OS/c1-2-16-13(14-11(15)5-7-19-14)12-8-17-6-3-4-10(17)9-18-12/h5,7,10,12-13,16H,2-4,6,8-9H2,1H3. The third-order valence-electron chi connectivity index (χ3n) is 4.14. The van der Waals surface area contributed by atoms with E-state index in [9.17, 15) is 0 Å². The van der Waals surface area contributed by atoms with Crippen LogP contribution in [0.25, 0.3) is 0 Å². The Morgan fingerprint density at radius 2 is 2.53 bits per heavy atom. The largest absolute Gasteiger partial charge is 0.373 e. The molecule has 2 fully saturated rings. The maximum atomic E-state index is 6.30. The molecule has 5 heteroatoms. The fourth-order valence-corrected chi connectivity index (χ4v) is 4.49. The number of likely N-dealkylation sites (N-methyl/N-ethyl adjacent to an activating group) is 1. The molecule has 3 rings (SSSR count). The molecule has 0 radical (unpaired) electrons. The van der Waals surface area contributed by atoms with Crippen LogP contribution < -0.4 is 5.32 Å². The Kier molecular flexibility index (Phi) is 4.44. The second-order valence-corrected chi connectivity index (χ2v) is 6.69. The van der Waals surface area contributed by atoms with Crippen molar-refractivity contribution in [3.63, 3.8) is 0 Å². The minimum atomic E-state index is 0.213. The minimum absolute atomic E-state index is 0.213. The van der Waals surface area contributed by atoms with Crippen LogP contribution in [0.2, 0.25) is 5.02 Å². The number of nitrogens with zero attached hydrogens (tertiary/aromatic N) is 1. The number of halogens is 1. The first kappa shape index (κ1) is 13.8. The van der Waals surface area contributed by atoms with Gasteiger partial charge in [-0.05, 0) is 37.4 Å². The van der Waals surface area contributed by atoms with Gasteiger partial charge in [0.2, 0.25) is 0 Å². The van der Waals surface area contributed by atoms with Gasteiger partial charge in [0.1, 0.15) is 0 Å². The van der Waals surface area contributed by atoms with E-state index < -0.39 is 0 Å². The van der Waals surface area contributed by atoms with Gasteiger partial charge in [0.15, 0.2) is 0 Å². The molecule has 2 saturated heterocycles. The predicted molar refractivity (Wildman–Crippen MR) is 80.1 cm³/mol. The van der Waals surface area contributed by atoms with E-state index in [0.717, 1.165) is 24.7 Å². The van der Waals surface area contributed by atoms with Crippen molar-refractivity contribution in [1.29, 1.82) is 0 Å². The van der Waals surface area contributed by atoms with E-state index in [4.69, 9.17) is 16.3 Å². The molecule has 3 atom stereocenters. The van der Waals surface area contributed by atoms with Gasteiger partial charge in [0.25, 0.3) is 0 Å². The Labute approximate surface area is 123 Å². The van der Waals surface area contributed by atoms with Crippen molar-refractivity contribution in [2.75, 3.05) is 26.2 Å². The maximum absolute atomic E-state index is 6.30. The van der Waals surface area contributed by atoms with Gasteiger partial charge in [0.05, 0.1) is 23.8 Å². The van der Waals surface area contributed by atoms with Gasteiger partial charge in [-0.1, -0.05) is 18.5 Å². The van der Waals surface area contributed by atoms with E-state index in [0.29, 0.717) is 6.04 Å². The first-order valence-corrected chi connectivity index (χ1v) is 8.37. The van der Waals surface area contributed by atoms with Crippen molar-refractivity contribution in [3.8, 4) is 0 Å². The second kappa shape index (κ2) is 6.10. The lowest BCUT2D eigenvalue weighted by atomic mass is 10.1. The average Bonchev–Trinajstić information content (AvgIpc) is 3.03. The van der Waals surface area contributed by atoms with Crippen LogP contribution in [0.5, 0.6) is 0 Å². The van der Waals surface area contributed by atoms with Gasteiger partial charge in [-0.25, -0.2) is 0 Å². The quantitative estimate of drug-likeness (QED) is 0.925. The Bertz CT molecular complexity index is 425. The summed E-state index contributed by atoms with van der Waals surface area (Å²) in [4.78, 5) is 3.80. The third kappa shape index (κ3) is 2.83. The van der Waals surface area contributed by atoms with Gasteiger partial charge in [-0.15, -0.1) is 11.3 Å². The molecule has 0 aromatic carbocycles. The summed E-state index contributed by atoms with van der Waals surface area (Å²) in [5.41, 5.74) is 0. The molecule has 0 bridgehead atoms. The monoisotopic (exact) mass is 300 g/mol. The summed E-state index contributed by atoms with van der Waals surface area (Å²) < 4.78 is 6.13. The zero-order valence-electron chi connectivity index (χ0n) is 11.3. The van der Waals surface area contributed by atoms with Crippen LogP contribution in [-0.2, 0) is 4.74 Å². The van der Waals surface area contributed by atoms with Crippen molar-refractivity contribution < 1.29 is 4.74 Å². The van der Waals surface area contributed by atoms with Gasteiger partial charge in [0, 0.05) is 17.5 Å². The highest BCUT2D eigenvalue weighted by molar-refractivity contribution is 7.10. The molecule has 1 N–H and O–H groups in total. The number of morpholine rings is 1. The summed E-state index contributed by atoms with van der Waals surface area (Å²) in [6.07, 6.45) is 2.82. The minimum Gasteiger partial charge on any atom is -0.373 e. The van der Waals surface area contributed by atoms with Crippen molar-refractivity contribution in [2.45, 2.75) is 38.0 Å². The summed E-state index contributed by atoms with van der Waals surface area (Å²) >= 11 is 8.03. The Morgan fingerprint density at radius 1 is 1.63 bits per heavy atom. The van der Waals surface area contributed by atoms with Crippen LogP contribution in [0.15, 0.2) is 11.4 Å². The van der Waals surface area contributed by atoms with Gasteiger partial charge in [-0.3, -0.25) is 4.90 Å². The predicted octanol–water partition coefficient (Wildman–Crippen LogP) is 2.92. The number of thiophene rings is 1. The molecular formula is C14H21ClN2OS. The molecule has 0 spiro atoms. The van der Waals surface area contributed by atoms with Crippen LogP contribution in [0.1, 0.15) is 30.7 Å².